The van der Waals surface area contributed by atoms with Gasteiger partial charge in [0.2, 0.25) is 11.8 Å². The first-order valence-corrected chi connectivity index (χ1v) is 8.83. The molecule has 6 nitrogen and oxygen atoms in total. The molecule has 3 rings (SSSR count). The van der Waals surface area contributed by atoms with Crippen LogP contribution in [0.25, 0.3) is 0 Å². The third-order valence-electron chi connectivity index (χ3n) is 4.71. The molecule has 1 aromatic rings. The highest BCUT2D eigenvalue weighted by Gasteiger charge is 2.49. The summed E-state index contributed by atoms with van der Waals surface area (Å²) >= 11 is 0. The van der Waals surface area contributed by atoms with Crippen LogP contribution in [0.4, 0.5) is 0 Å². The van der Waals surface area contributed by atoms with Crippen LogP contribution < -0.4 is 4.74 Å². The van der Waals surface area contributed by atoms with Crippen molar-refractivity contribution in [1.29, 1.82) is 0 Å². The number of carbonyl (C=O) groups is 1. The van der Waals surface area contributed by atoms with Gasteiger partial charge >= 0.3 is 0 Å². The molecule has 0 unspecified atom stereocenters. The molecule has 1 atom stereocenters. The van der Waals surface area contributed by atoms with Crippen LogP contribution >= 0.6 is 0 Å². The van der Waals surface area contributed by atoms with Gasteiger partial charge < -0.3 is 14.4 Å². The molecule has 0 radical (unpaired) electrons. The molecule has 0 saturated carbocycles. The Bertz CT molecular complexity index is 585. The number of hydrogen-bond acceptors (Lipinski definition) is 5. The predicted molar refractivity (Wildman–Crippen MR) is 89.8 cm³/mol. The molecule has 0 aromatic carbocycles. The summed E-state index contributed by atoms with van der Waals surface area (Å²) < 4.78 is 12.0. The van der Waals surface area contributed by atoms with E-state index in [2.05, 4.69) is 23.8 Å². The van der Waals surface area contributed by atoms with Crippen molar-refractivity contribution in [3.8, 4) is 5.88 Å². The number of nitrogens with zero attached hydrogens (tertiary/aromatic N) is 3. The third-order valence-corrected chi connectivity index (χ3v) is 4.71. The van der Waals surface area contributed by atoms with E-state index in [1.165, 1.54) is 0 Å². The Morgan fingerprint density at radius 1 is 1.46 bits per heavy atom. The molecule has 132 valence electrons. The van der Waals surface area contributed by atoms with E-state index in [9.17, 15) is 4.79 Å². The van der Waals surface area contributed by atoms with E-state index in [-0.39, 0.29) is 17.6 Å². The lowest BCUT2D eigenvalue weighted by atomic mass is 9.84. The number of ether oxygens (including phenoxy) is 2. The summed E-state index contributed by atoms with van der Waals surface area (Å²) in [6, 6.07) is 0. The average Bonchev–Trinajstić information content (AvgIpc) is 2.50. The zero-order valence-electron chi connectivity index (χ0n) is 14.8. The monoisotopic (exact) mass is 333 g/mol. The fourth-order valence-corrected chi connectivity index (χ4v) is 3.37. The first-order chi connectivity index (χ1) is 11.5. The zero-order valence-corrected chi connectivity index (χ0v) is 14.8. The third kappa shape index (κ3) is 4.04. The summed E-state index contributed by atoms with van der Waals surface area (Å²) in [4.78, 5) is 22.6. The van der Waals surface area contributed by atoms with Gasteiger partial charge in [-0.1, -0.05) is 13.8 Å². The molecule has 2 aliphatic rings. The Hall–Kier alpha value is -1.69. The van der Waals surface area contributed by atoms with Crippen LogP contribution in [-0.2, 0) is 9.53 Å². The van der Waals surface area contributed by atoms with Gasteiger partial charge in [0.05, 0.1) is 31.6 Å². The van der Waals surface area contributed by atoms with Gasteiger partial charge in [-0.05, 0) is 19.3 Å². The average molecular weight is 333 g/mol. The molecule has 6 heteroatoms. The van der Waals surface area contributed by atoms with Crippen molar-refractivity contribution in [1.82, 2.24) is 14.9 Å². The van der Waals surface area contributed by atoms with Crippen LogP contribution in [0.15, 0.2) is 12.4 Å². The molecular formula is C18H27N3O3. The SMILES string of the molecule is Cc1cncc(O[C@@H]2CCOC3(C2)CN(C(=O)CCC(C)C)C3)n1. The van der Waals surface area contributed by atoms with Crippen molar-refractivity contribution in [2.45, 2.75) is 58.2 Å². The van der Waals surface area contributed by atoms with Gasteiger partial charge in [0.25, 0.3) is 0 Å². The molecule has 2 aliphatic heterocycles. The Morgan fingerprint density at radius 2 is 2.25 bits per heavy atom. The van der Waals surface area contributed by atoms with Crippen molar-refractivity contribution in [2.24, 2.45) is 5.92 Å². The first-order valence-electron chi connectivity index (χ1n) is 8.83. The maximum absolute atomic E-state index is 12.2. The number of likely N-dealkylation sites (tertiary alicyclic amines) is 1. The van der Waals surface area contributed by atoms with Gasteiger partial charge in [-0.2, -0.15) is 0 Å². The molecule has 2 fully saturated rings. The minimum Gasteiger partial charge on any atom is -0.473 e. The minimum atomic E-state index is -0.229. The molecule has 1 spiro atoms. The van der Waals surface area contributed by atoms with Crippen LogP contribution in [0.3, 0.4) is 0 Å². The van der Waals surface area contributed by atoms with Crippen LogP contribution in [0, 0.1) is 12.8 Å². The van der Waals surface area contributed by atoms with Gasteiger partial charge in [0.1, 0.15) is 11.7 Å². The van der Waals surface area contributed by atoms with Gasteiger partial charge in [-0.3, -0.25) is 9.78 Å². The number of rotatable bonds is 5. The summed E-state index contributed by atoms with van der Waals surface area (Å²) in [6.07, 6.45) is 6.66. The van der Waals surface area contributed by atoms with Crippen molar-refractivity contribution < 1.29 is 14.3 Å². The summed E-state index contributed by atoms with van der Waals surface area (Å²) in [5.41, 5.74) is 0.619. The Kier molecular flexibility index (Phi) is 5.04. The lowest BCUT2D eigenvalue weighted by Crippen LogP contribution is -2.67. The Balaban J connectivity index is 1.51. The lowest BCUT2D eigenvalue weighted by molar-refractivity contribution is -0.193. The van der Waals surface area contributed by atoms with E-state index in [4.69, 9.17) is 9.47 Å². The second-order valence-corrected chi connectivity index (χ2v) is 7.45. The highest BCUT2D eigenvalue weighted by atomic mass is 16.5. The number of aryl methyl sites for hydroxylation is 1. The van der Waals surface area contributed by atoms with Crippen LogP contribution in [0.2, 0.25) is 0 Å². The molecule has 3 heterocycles. The van der Waals surface area contributed by atoms with Gasteiger partial charge in [0, 0.05) is 25.5 Å². The maximum Gasteiger partial charge on any atom is 0.232 e. The number of carbonyl (C=O) groups excluding carboxylic acids is 1. The van der Waals surface area contributed by atoms with E-state index in [1.54, 1.807) is 12.4 Å². The summed E-state index contributed by atoms with van der Waals surface area (Å²) in [7, 11) is 0. The molecule has 1 aromatic heterocycles. The molecule has 0 N–H and O–H groups in total. The predicted octanol–water partition coefficient (Wildman–Crippen LogP) is 2.36. The van der Waals surface area contributed by atoms with E-state index >= 15 is 0 Å². The van der Waals surface area contributed by atoms with Crippen molar-refractivity contribution in [3.05, 3.63) is 18.1 Å². The number of hydrogen-bond donors (Lipinski definition) is 0. The number of aromatic nitrogens is 2. The second kappa shape index (κ2) is 7.05. The van der Waals surface area contributed by atoms with E-state index in [0.29, 0.717) is 37.9 Å². The molecule has 1 amide bonds. The molecule has 2 saturated heterocycles. The molecule has 0 aliphatic carbocycles. The second-order valence-electron chi connectivity index (χ2n) is 7.45. The fraction of sp³-hybridized carbons (Fsp3) is 0.722. The fourth-order valence-electron chi connectivity index (χ4n) is 3.37. The maximum atomic E-state index is 12.2. The summed E-state index contributed by atoms with van der Waals surface area (Å²) in [5, 5.41) is 0. The summed E-state index contributed by atoms with van der Waals surface area (Å²) in [5.74, 6) is 1.37. The van der Waals surface area contributed by atoms with E-state index < -0.39 is 0 Å². The zero-order chi connectivity index (χ0) is 17.2. The van der Waals surface area contributed by atoms with Crippen LogP contribution in [0.5, 0.6) is 5.88 Å². The summed E-state index contributed by atoms with van der Waals surface area (Å²) in [6.45, 7) is 8.22. The van der Waals surface area contributed by atoms with Crippen LogP contribution in [0.1, 0.15) is 45.2 Å². The van der Waals surface area contributed by atoms with Crippen molar-refractivity contribution in [2.75, 3.05) is 19.7 Å². The largest absolute Gasteiger partial charge is 0.473 e. The van der Waals surface area contributed by atoms with E-state index in [1.807, 2.05) is 11.8 Å². The van der Waals surface area contributed by atoms with E-state index in [0.717, 1.165) is 25.0 Å². The highest BCUT2D eigenvalue weighted by Crippen LogP contribution is 2.36. The normalized spacial score (nSPS) is 22.5. The Labute approximate surface area is 143 Å². The van der Waals surface area contributed by atoms with Gasteiger partial charge in [-0.25, -0.2) is 4.98 Å². The molecule has 0 bridgehead atoms. The highest BCUT2D eigenvalue weighted by molar-refractivity contribution is 5.77. The standard InChI is InChI=1S/C18H27N3O3/c1-13(2)4-5-17(22)21-11-18(12-21)8-15(6-7-23-18)24-16-10-19-9-14(3)20-16/h9-10,13,15H,4-8,11-12H2,1-3H3/t15-/m1/s1. The number of amides is 1. The first kappa shape index (κ1) is 17.1. The minimum absolute atomic E-state index is 0.0720. The molecule has 24 heavy (non-hydrogen) atoms. The smallest absolute Gasteiger partial charge is 0.232 e. The molecular weight excluding hydrogens is 306 g/mol. The topological polar surface area (TPSA) is 64.6 Å². The van der Waals surface area contributed by atoms with Gasteiger partial charge in [-0.15, -0.1) is 0 Å². The van der Waals surface area contributed by atoms with Crippen LogP contribution in [-0.4, -0.2) is 52.2 Å². The van der Waals surface area contributed by atoms with Crippen molar-refractivity contribution >= 4 is 5.91 Å². The Morgan fingerprint density at radius 3 is 2.96 bits per heavy atom. The quantitative estimate of drug-likeness (QED) is 0.828. The van der Waals surface area contributed by atoms with Gasteiger partial charge in [0.15, 0.2) is 0 Å². The van der Waals surface area contributed by atoms with Crippen molar-refractivity contribution in [3.63, 3.8) is 0 Å². The lowest BCUT2D eigenvalue weighted by Gasteiger charge is -2.52.